The fraction of sp³-hybridized carbons (Fsp3) is 0.417. The van der Waals surface area contributed by atoms with Crippen LogP contribution in [0.1, 0.15) is 113 Å². The molecule has 0 spiro atoms. The topological polar surface area (TPSA) is 268 Å². The molecule has 5 heterocycles. The van der Waals surface area contributed by atoms with E-state index in [2.05, 4.69) is 9.97 Å². The van der Waals surface area contributed by atoms with Crippen LogP contribution in [0, 0.1) is 0 Å². The van der Waals surface area contributed by atoms with Crippen LogP contribution in [0.3, 0.4) is 0 Å². The lowest BCUT2D eigenvalue weighted by Gasteiger charge is -2.10. The Morgan fingerprint density at radius 1 is 0.338 bits per heavy atom. The van der Waals surface area contributed by atoms with Crippen molar-refractivity contribution in [2.45, 2.75) is 94.3 Å². The van der Waals surface area contributed by atoms with E-state index in [9.17, 15) is 38.4 Å². The van der Waals surface area contributed by atoms with Crippen LogP contribution in [-0.4, -0.2) is 107 Å². The van der Waals surface area contributed by atoms with Gasteiger partial charge in [0.15, 0.2) is 0 Å². The molecule has 2 aliphatic rings. The van der Waals surface area contributed by atoms with E-state index in [1.54, 1.807) is 24.3 Å². The standard InChI is InChI=1S/C48H54N4O16/c1-25(53)61-13-9-33-37(21-65-29(5)57)45-18-43-35(11-15-63-27(3)55)38(22-66-30(6)58)46(51-43)19-44-36(12-16-64-28(4)56)40(24-68-32(8)60)48(52-44)20-47-39(23-67-31(7)59)34(10-14-62-26(2)54)42(50-47)17-41(33)49-45/h17-20,49,52H,9-16,21-24H2,1-8H3. The monoisotopic (exact) mass is 942 g/mol. The minimum absolute atomic E-state index is 0.0707. The maximum Gasteiger partial charge on any atom is 0.302 e. The normalized spacial score (nSPS) is 12.0. The number of hydrogen-bond acceptors (Lipinski definition) is 18. The number of carbonyl (C=O) groups is 8. The number of carbonyl (C=O) groups excluding carboxylic acids is 8. The van der Waals surface area contributed by atoms with Crippen LogP contribution in [-0.2, 0) is 102 Å². The van der Waals surface area contributed by atoms with Gasteiger partial charge in [0.25, 0.3) is 0 Å². The van der Waals surface area contributed by atoms with E-state index in [1.807, 2.05) is 0 Å². The Bertz CT molecular complexity index is 2740. The minimum atomic E-state index is -0.586. The van der Waals surface area contributed by atoms with Crippen molar-refractivity contribution in [3.63, 3.8) is 0 Å². The van der Waals surface area contributed by atoms with E-state index in [4.69, 9.17) is 47.9 Å². The fourth-order valence-electron chi connectivity index (χ4n) is 7.57. The molecule has 0 radical (unpaired) electrons. The Balaban J connectivity index is 2.05. The molecule has 2 N–H and O–H groups in total. The predicted molar refractivity (Wildman–Crippen MR) is 242 cm³/mol. The summed E-state index contributed by atoms with van der Waals surface area (Å²) >= 11 is 0. The van der Waals surface area contributed by atoms with Crippen LogP contribution >= 0.6 is 0 Å². The number of hydrogen-bond donors (Lipinski definition) is 2. The molecule has 0 saturated carbocycles. The van der Waals surface area contributed by atoms with Crippen molar-refractivity contribution in [2.75, 3.05) is 39.6 Å². The number of H-pyrrole nitrogens is 2. The molecular weight excluding hydrogens is 889 g/mol. The highest BCUT2D eigenvalue weighted by Gasteiger charge is 2.26. The zero-order chi connectivity index (χ0) is 49.7. The molecule has 20 heteroatoms. The summed E-state index contributed by atoms with van der Waals surface area (Å²) in [4.78, 5) is 114. The highest BCUT2D eigenvalue weighted by Crippen LogP contribution is 2.38. The lowest BCUT2D eigenvalue weighted by Crippen LogP contribution is -2.06. The number of ether oxygens (including phenoxy) is 8. The number of nitrogens with zero attached hydrogens (tertiary/aromatic N) is 2. The van der Waals surface area contributed by atoms with Gasteiger partial charge >= 0.3 is 47.8 Å². The molecule has 20 nitrogen and oxygen atoms in total. The third-order valence-electron chi connectivity index (χ3n) is 10.4. The number of fused-ring (bicyclic) bond motifs is 8. The van der Waals surface area contributed by atoms with E-state index in [-0.39, 0.29) is 78.5 Å². The van der Waals surface area contributed by atoms with Crippen molar-refractivity contribution in [3.8, 4) is 0 Å². The second kappa shape index (κ2) is 23.7. The summed E-state index contributed by atoms with van der Waals surface area (Å²) in [6.07, 6.45) is 0.464. The van der Waals surface area contributed by atoms with Crippen molar-refractivity contribution in [2.24, 2.45) is 0 Å². The summed E-state index contributed by atoms with van der Waals surface area (Å²) in [6.45, 7) is 8.80. The Morgan fingerprint density at radius 3 is 0.882 bits per heavy atom. The van der Waals surface area contributed by atoms with Gasteiger partial charge in [0.2, 0.25) is 0 Å². The average molecular weight is 943 g/mol. The van der Waals surface area contributed by atoms with Crippen molar-refractivity contribution >= 4 is 92.1 Å². The first-order chi connectivity index (χ1) is 32.3. The zero-order valence-corrected chi connectivity index (χ0v) is 39.2. The van der Waals surface area contributed by atoms with Gasteiger partial charge in [-0.3, -0.25) is 38.4 Å². The smallest absolute Gasteiger partial charge is 0.302 e. The molecule has 362 valence electrons. The highest BCUT2D eigenvalue weighted by atomic mass is 16.6. The molecule has 2 aliphatic heterocycles. The van der Waals surface area contributed by atoms with E-state index in [1.165, 1.54) is 55.4 Å². The fourth-order valence-corrected chi connectivity index (χ4v) is 7.57. The Labute approximate surface area is 390 Å². The van der Waals surface area contributed by atoms with Gasteiger partial charge in [0, 0.05) is 125 Å². The van der Waals surface area contributed by atoms with Crippen LogP contribution in [0.2, 0.25) is 0 Å². The van der Waals surface area contributed by atoms with Gasteiger partial charge in [-0.25, -0.2) is 9.97 Å². The predicted octanol–water partition coefficient (Wildman–Crippen LogP) is 5.51. The number of nitrogens with one attached hydrogen (secondary N) is 2. The molecule has 0 aliphatic carbocycles. The van der Waals surface area contributed by atoms with Gasteiger partial charge in [-0.1, -0.05) is 0 Å². The summed E-state index contributed by atoms with van der Waals surface area (Å²) < 4.78 is 43.8. The summed E-state index contributed by atoms with van der Waals surface area (Å²) in [7, 11) is 0. The van der Waals surface area contributed by atoms with Gasteiger partial charge in [-0.15, -0.1) is 0 Å². The Kier molecular flexibility index (Phi) is 17.9. The first-order valence-electron chi connectivity index (χ1n) is 21.6. The summed E-state index contributed by atoms with van der Waals surface area (Å²) in [5.41, 5.74) is 7.06. The third kappa shape index (κ3) is 14.2. The lowest BCUT2D eigenvalue weighted by atomic mass is 10.0. The zero-order valence-electron chi connectivity index (χ0n) is 39.2. The van der Waals surface area contributed by atoms with Gasteiger partial charge in [0.1, 0.15) is 26.4 Å². The molecule has 68 heavy (non-hydrogen) atoms. The van der Waals surface area contributed by atoms with Crippen LogP contribution < -0.4 is 0 Å². The first-order valence-corrected chi connectivity index (χ1v) is 21.6. The molecule has 0 saturated heterocycles. The van der Waals surface area contributed by atoms with Crippen LogP contribution in [0.25, 0.3) is 44.4 Å². The maximum absolute atomic E-state index is 12.4. The summed E-state index contributed by atoms with van der Waals surface area (Å²) in [5, 5.41) is 0. The number of aromatic nitrogens is 4. The second-order valence-corrected chi connectivity index (χ2v) is 15.6. The SMILES string of the molecule is CC(=O)OCCC1=C(COC(C)=O)c2cc3[nH]c(cc4nc(cc5[nH]c(cc1n2)c(COC(C)=O)c5CCOC(C)=O)C(CCOC(C)=O)=C4COC(C)=O)c(COC(C)=O)c3CCOC(C)=O. The molecule has 0 amide bonds. The molecule has 3 aromatic rings. The maximum atomic E-state index is 12.4. The van der Waals surface area contributed by atoms with Crippen molar-refractivity contribution in [1.29, 1.82) is 0 Å². The molecular formula is C48H54N4O16. The average Bonchev–Trinajstić information content (AvgIpc) is 3.94. The van der Waals surface area contributed by atoms with Crippen LogP contribution in [0.15, 0.2) is 24.3 Å². The first kappa shape index (κ1) is 51.3. The van der Waals surface area contributed by atoms with E-state index in [0.29, 0.717) is 89.4 Å². The Hall–Kier alpha value is -7.64. The number of rotatable bonds is 20. The molecule has 3 aromatic heterocycles. The van der Waals surface area contributed by atoms with E-state index in [0.717, 1.165) is 0 Å². The summed E-state index contributed by atoms with van der Waals surface area (Å²) in [6, 6.07) is 6.80. The largest absolute Gasteiger partial charge is 0.466 e. The highest BCUT2D eigenvalue weighted by molar-refractivity contribution is 5.97. The van der Waals surface area contributed by atoms with E-state index < -0.39 is 47.8 Å². The van der Waals surface area contributed by atoms with Gasteiger partial charge < -0.3 is 47.9 Å². The molecule has 0 fully saturated rings. The van der Waals surface area contributed by atoms with Gasteiger partial charge in [-0.05, 0) is 46.5 Å². The Morgan fingerprint density at radius 2 is 0.588 bits per heavy atom. The summed E-state index contributed by atoms with van der Waals surface area (Å²) in [5.74, 6) is -4.44. The minimum Gasteiger partial charge on any atom is -0.466 e. The molecule has 0 aromatic carbocycles. The van der Waals surface area contributed by atoms with Crippen LogP contribution in [0.5, 0.6) is 0 Å². The number of aromatic amines is 2. The molecule has 0 atom stereocenters. The van der Waals surface area contributed by atoms with Crippen molar-refractivity contribution in [3.05, 3.63) is 69.3 Å². The van der Waals surface area contributed by atoms with Crippen molar-refractivity contribution < 1.29 is 76.3 Å². The second-order valence-electron chi connectivity index (χ2n) is 15.6. The lowest BCUT2D eigenvalue weighted by molar-refractivity contribution is -0.143. The van der Waals surface area contributed by atoms with E-state index >= 15 is 0 Å². The number of esters is 8. The van der Waals surface area contributed by atoms with Crippen molar-refractivity contribution in [1.82, 2.24) is 19.9 Å². The quantitative estimate of drug-likeness (QED) is 0.104. The molecule has 8 bridgehead atoms. The molecule has 5 rings (SSSR count). The van der Waals surface area contributed by atoms with Gasteiger partial charge in [-0.2, -0.15) is 0 Å². The van der Waals surface area contributed by atoms with Crippen LogP contribution in [0.4, 0.5) is 0 Å². The van der Waals surface area contributed by atoms with Gasteiger partial charge in [0.05, 0.1) is 49.2 Å². The third-order valence-corrected chi connectivity index (χ3v) is 10.4. The molecule has 0 unspecified atom stereocenters.